The summed E-state index contributed by atoms with van der Waals surface area (Å²) < 4.78 is 31.6. The molecule has 1 aromatic rings. The highest BCUT2D eigenvalue weighted by Crippen LogP contribution is 2.09. The summed E-state index contributed by atoms with van der Waals surface area (Å²) >= 11 is 0. The Hall–Kier alpha value is -1.17. The molecule has 0 heterocycles. The standard InChI is InChI=1S/C6H6O.CH2BF3O/c7-6-4-2-1-3-5-6;3-1(4,5)2-6/h1-5,7H;2,6H. The quantitative estimate of drug-likeness (QED) is 0.607. The van der Waals surface area contributed by atoms with E-state index in [0.717, 1.165) is 0 Å². The number of hydrogen-bond acceptors (Lipinski definition) is 2. The average Bonchev–Trinajstić information content (AvgIpc) is 2.06. The van der Waals surface area contributed by atoms with Gasteiger partial charge in [-0.05, 0) is 12.1 Å². The number of phenolic OH excluding ortho intramolecular Hbond substituents is 1. The lowest BCUT2D eigenvalue weighted by atomic mass is 10.0. The molecule has 0 aliphatic rings. The number of rotatable bonds is 0. The molecule has 13 heavy (non-hydrogen) atoms. The van der Waals surface area contributed by atoms with Gasteiger partial charge in [-0.15, -0.1) is 0 Å². The highest BCUT2D eigenvalue weighted by molar-refractivity contribution is 6.28. The van der Waals surface area contributed by atoms with Crippen LogP contribution in [0, 0.1) is 0 Å². The van der Waals surface area contributed by atoms with Gasteiger partial charge in [0.2, 0.25) is 0 Å². The molecule has 0 radical (unpaired) electrons. The predicted octanol–water partition coefficient (Wildman–Crippen LogP) is 1.24. The van der Waals surface area contributed by atoms with Crippen LogP contribution in [0.15, 0.2) is 30.3 Å². The Morgan fingerprint density at radius 2 is 1.46 bits per heavy atom. The molecule has 0 amide bonds. The Kier molecular flexibility index (Phi) is 4.98. The van der Waals surface area contributed by atoms with E-state index in [1.54, 1.807) is 24.3 Å². The zero-order chi connectivity index (χ0) is 10.3. The van der Waals surface area contributed by atoms with Crippen LogP contribution in [0.1, 0.15) is 0 Å². The summed E-state index contributed by atoms with van der Waals surface area (Å²) in [5, 5.41) is 15.9. The van der Waals surface area contributed by atoms with Crippen molar-refractivity contribution in [2.75, 3.05) is 0 Å². The van der Waals surface area contributed by atoms with Gasteiger partial charge in [0.1, 0.15) is 5.75 Å². The summed E-state index contributed by atoms with van der Waals surface area (Å²) in [6, 6.07) is 8.71. The summed E-state index contributed by atoms with van der Waals surface area (Å²) in [6.07, 6.45) is -4.40. The lowest BCUT2D eigenvalue weighted by Gasteiger charge is -1.93. The van der Waals surface area contributed by atoms with Crippen molar-refractivity contribution in [3.63, 3.8) is 0 Å². The SMILES string of the molecule is OBC(F)(F)F.Oc1ccccc1. The van der Waals surface area contributed by atoms with Crippen LogP contribution in [-0.4, -0.2) is 23.7 Å². The van der Waals surface area contributed by atoms with Crippen molar-refractivity contribution < 1.29 is 23.3 Å². The Morgan fingerprint density at radius 3 is 1.62 bits per heavy atom. The monoisotopic (exact) mass is 192 g/mol. The van der Waals surface area contributed by atoms with E-state index in [-0.39, 0.29) is 0 Å². The average molecular weight is 192 g/mol. The molecular weight excluding hydrogens is 184 g/mol. The molecule has 6 heteroatoms. The molecule has 2 nitrogen and oxygen atoms in total. The van der Waals surface area contributed by atoms with E-state index in [4.69, 9.17) is 10.1 Å². The molecule has 0 aliphatic heterocycles. The number of hydrogen-bond donors (Lipinski definition) is 2. The van der Waals surface area contributed by atoms with Crippen molar-refractivity contribution in [3.05, 3.63) is 30.3 Å². The van der Waals surface area contributed by atoms with Crippen molar-refractivity contribution in [2.45, 2.75) is 6.08 Å². The molecule has 2 N–H and O–H groups in total. The summed E-state index contributed by atoms with van der Waals surface area (Å²) in [5.41, 5.74) is 0. The van der Waals surface area contributed by atoms with Gasteiger partial charge in [0, 0.05) is 0 Å². The number of benzene rings is 1. The van der Waals surface area contributed by atoms with Crippen molar-refractivity contribution >= 4 is 7.48 Å². The molecule has 0 spiro atoms. The van der Waals surface area contributed by atoms with E-state index < -0.39 is 13.6 Å². The van der Waals surface area contributed by atoms with Crippen molar-refractivity contribution in [3.8, 4) is 5.75 Å². The largest absolute Gasteiger partial charge is 0.508 e. The maximum Gasteiger partial charge on any atom is 0.398 e. The molecule has 0 unspecified atom stereocenters. The molecule has 0 bridgehead atoms. The van der Waals surface area contributed by atoms with Crippen LogP contribution >= 0.6 is 0 Å². The van der Waals surface area contributed by atoms with Gasteiger partial charge in [-0.3, -0.25) is 0 Å². The minimum absolute atomic E-state index is 0.322. The second-order valence-electron chi connectivity index (χ2n) is 2.11. The second-order valence-corrected chi connectivity index (χ2v) is 2.11. The van der Waals surface area contributed by atoms with Crippen LogP contribution in [0.3, 0.4) is 0 Å². The van der Waals surface area contributed by atoms with Gasteiger partial charge < -0.3 is 10.1 Å². The first-order valence-corrected chi connectivity index (χ1v) is 3.37. The van der Waals surface area contributed by atoms with Gasteiger partial charge in [-0.1, -0.05) is 18.2 Å². The van der Waals surface area contributed by atoms with Crippen molar-refractivity contribution in [2.24, 2.45) is 0 Å². The zero-order valence-corrected chi connectivity index (χ0v) is 6.62. The number of aromatic hydroxyl groups is 1. The van der Waals surface area contributed by atoms with Crippen LogP contribution in [0.25, 0.3) is 0 Å². The molecule has 1 rings (SSSR count). The maximum atomic E-state index is 10.5. The van der Waals surface area contributed by atoms with E-state index in [1.165, 1.54) is 0 Å². The Balaban J connectivity index is 0.000000226. The molecule has 1 aromatic carbocycles. The first-order chi connectivity index (χ1) is 5.95. The fourth-order valence-corrected chi connectivity index (χ4v) is 0.428. The van der Waals surface area contributed by atoms with Gasteiger partial charge in [-0.2, -0.15) is 13.2 Å². The minimum atomic E-state index is -4.40. The Bertz CT molecular complexity index is 225. The third kappa shape index (κ3) is 8.74. The van der Waals surface area contributed by atoms with E-state index in [0.29, 0.717) is 5.75 Å². The van der Waals surface area contributed by atoms with Crippen LogP contribution in [0.2, 0.25) is 0 Å². The third-order valence-corrected chi connectivity index (χ3v) is 0.935. The fourth-order valence-electron chi connectivity index (χ4n) is 0.428. The number of alkyl halides is 3. The fraction of sp³-hybridized carbons (Fsp3) is 0.143. The molecule has 0 aliphatic carbocycles. The smallest absolute Gasteiger partial charge is 0.398 e. The summed E-state index contributed by atoms with van der Waals surface area (Å²) in [4.78, 5) is 0. The molecule has 0 saturated heterocycles. The van der Waals surface area contributed by atoms with E-state index in [9.17, 15) is 13.2 Å². The summed E-state index contributed by atoms with van der Waals surface area (Å²) in [7, 11) is -1.73. The van der Waals surface area contributed by atoms with E-state index in [2.05, 4.69) is 0 Å². The molecular formula is C7H8BF3O2. The van der Waals surface area contributed by atoms with Crippen LogP contribution < -0.4 is 0 Å². The van der Waals surface area contributed by atoms with E-state index >= 15 is 0 Å². The molecule has 0 atom stereocenters. The molecule has 0 fully saturated rings. The van der Waals surface area contributed by atoms with Gasteiger partial charge in [0.15, 0.2) is 0 Å². The topological polar surface area (TPSA) is 40.5 Å². The van der Waals surface area contributed by atoms with Crippen LogP contribution in [0.5, 0.6) is 5.75 Å². The Labute approximate surface area is 73.9 Å². The summed E-state index contributed by atoms with van der Waals surface area (Å²) in [6.45, 7) is 0. The minimum Gasteiger partial charge on any atom is -0.508 e. The van der Waals surface area contributed by atoms with Gasteiger partial charge in [-0.25, -0.2) is 0 Å². The van der Waals surface area contributed by atoms with Crippen LogP contribution in [-0.2, 0) is 0 Å². The predicted molar refractivity (Wildman–Crippen MR) is 43.5 cm³/mol. The highest BCUT2D eigenvalue weighted by atomic mass is 19.4. The van der Waals surface area contributed by atoms with Crippen molar-refractivity contribution in [1.29, 1.82) is 0 Å². The maximum absolute atomic E-state index is 10.5. The van der Waals surface area contributed by atoms with Gasteiger partial charge >= 0.3 is 13.6 Å². The Morgan fingerprint density at radius 1 is 1.08 bits per heavy atom. The van der Waals surface area contributed by atoms with Crippen LogP contribution in [0.4, 0.5) is 13.2 Å². The lowest BCUT2D eigenvalue weighted by Crippen LogP contribution is -2.16. The third-order valence-electron chi connectivity index (χ3n) is 0.935. The molecule has 0 aromatic heterocycles. The first kappa shape index (κ1) is 11.8. The second kappa shape index (κ2) is 5.48. The summed E-state index contributed by atoms with van der Waals surface area (Å²) in [5.74, 6) is 0.322. The lowest BCUT2D eigenvalue weighted by molar-refractivity contribution is -0.0559. The number of para-hydroxylation sites is 1. The molecule has 0 saturated carbocycles. The number of phenols is 1. The van der Waals surface area contributed by atoms with E-state index in [1.807, 2.05) is 6.07 Å². The van der Waals surface area contributed by atoms with Crippen molar-refractivity contribution in [1.82, 2.24) is 0 Å². The normalized spacial score (nSPS) is 9.85. The van der Waals surface area contributed by atoms with Gasteiger partial charge in [0.25, 0.3) is 0 Å². The number of halogens is 3. The highest BCUT2D eigenvalue weighted by Gasteiger charge is 2.27. The molecule has 72 valence electrons. The zero-order valence-electron chi connectivity index (χ0n) is 6.62. The first-order valence-electron chi connectivity index (χ1n) is 3.37. The van der Waals surface area contributed by atoms with Gasteiger partial charge in [0.05, 0.1) is 0 Å².